The Morgan fingerprint density at radius 2 is 2.25 bits per heavy atom. The number of nitrogens with zero attached hydrogens (tertiary/aromatic N) is 2. The molecule has 0 aromatic carbocycles. The summed E-state index contributed by atoms with van der Waals surface area (Å²) in [4.78, 5) is 0. The van der Waals surface area contributed by atoms with Gasteiger partial charge in [0.2, 0.25) is 0 Å². The molecule has 1 aliphatic rings. The average Bonchev–Trinajstić information content (AvgIpc) is 2.56. The molecule has 1 aromatic heterocycles. The molecule has 1 fully saturated rings. The van der Waals surface area contributed by atoms with E-state index in [9.17, 15) is 0 Å². The molecule has 0 spiro atoms. The highest BCUT2D eigenvalue weighted by Crippen LogP contribution is 2.16. The minimum atomic E-state index is 0.447. The highest BCUT2D eigenvalue weighted by Gasteiger charge is 2.05. The lowest BCUT2D eigenvalue weighted by Gasteiger charge is -2.03. The molecule has 1 aromatic rings. The van der Waals surface area contributed by atoms with Gasteiger partial charge in [-0.2, -0.15) is 5.10 Å². The van der Waals surface area contributed by atoms with Crippen LogP contribution >= 0.6 is 0 Å². The fourth-order valence-corrected chi connectivity index (χ4v) is 2.01. The van der Waals surface area contributed by atoms with Crippen LogP contribution in [0.25, 0.3) is 6.08 Å². The highest BCUT2D eigenvalue weighted by atomic mass is 15.3. The van der Waals surface area contributed by atoms with Crippen LogP contribution in [0.15, 0.2) is 17.8 Å². The van der Waals surface area contributed by atoms with Gasteiger partial charge in [0.25, 0.3) is 0 Å². The molecule has 2 heterocycles. The molecule has 1 saturated heterocycles. The highest BCUT2D eigenvalue weighted by molar-refractivity contribution is 5.48. The van der Waals surface area contributed by atoms with Crippen LogP contribution in [0.2, 0.25) is 0 Å². The summed E-state index contributed by atoms with van der Waals surface area (Å²) in [6, 6.07) is 2.55. The largest absolute Gasteiger partial charge is 0.316 e. The minimum Gasteiger partial charge on any atom is -0.316 e. The van der Waals surface area contributed by atoms with E-state index in [-0.39, 0.29) is 0 Å². The molecule has 0 amide bonds. The zero-order chi connectivity index (χ0) is 11.4. The number of rotatable bonds is 2. The van der Waals surface area contributed by atoms with Crippen molar-refractivity contribution in [3.05, 3.63) is 23.5 Å². The van der Waals surface area contributed by atoms with Gasteiger partial charge in [0.05, 0.1) is 5.69 Å². The monoisotopic (exact) mass is 219 g/mol. The Kier molecular flexibility index (Phi) is 3.78. The van der Waals surface area contributed by atoms with E-state index in [1.807, 2.05) is 4.68 Å². The van der Waals surface area contributed by atoms with E-state index in [4.69, 9.17) is 0 Å². The van der Waals surface area contributed by atoms with Crippen LogP contribution in [0.3, 0.4) is 0 Å². The Labute approximate surface area is 97.5 Å². The van der Waals surface area contributed by atoms with Gasteiger partial charge >= 0.3 is 0 Å². The van der Waals surface area contributed by atoms with E-state index in [0.29, 0.717) is 6.04 Å². The molecule has 2 rings (SSSR count). The first-order valence-electron chi connectivity index (χ1n) is 6.21. The van der Waals surface area contributed by atoms with Crippen LogP contribution in [-0.2, 0) is 0 Å². The lowest BCUT2D eigenvalue weighted by atomic mass is 10.1. The summed E-state index contributed by atoms with van der Waals surface area (Å²) in [6.07, 6.45) is 7.94. The summed E-state index contributed by atoms with van der Waals surface area (Å²) in [5.41, 5.74) is 2.63. The van der Waals surface area contributed by atoms with Crippen molar-refractivity contribution < 1.29 is 0 Å². The number of hydrogen-bond acceptors (Lipinski definition) is 2. The second-order valence-corrected chi connectivity index (χ2v) is 4.72. The van der Waals surface area contributed by atoms with Gasteiger partial charge in [0.15, 0.2) is 0 Å². The molecule has 0 bridgehead atoms. The first-order valence-corrected chi connectivity index (χ1v) is 6.21. The van der Waals surface area contributed by atoms with Gasteiger partial charge in [-0.1, -0.05) is 5.57 Å². The van der Waals surface area contributed by atoms with Crippen LogP contribution in [0.5, 0.6) is 0 Å². The average molecular weight is 219 g/mol. The van der Waals surface area contributed by atoms with Crippen molar-refractivity contribution in [3.63, 3.8) is 0 Å². The zero-order valence-corrected chi connectivity index (χ0v) is 10.2. The van der Waals surface area contributed by atoms with Crippen LogP contribution in [0.1, 0.15) is 44.8 Å². The minimum absolute atomic E-state index is 0.447. The van der Waals surface area contributed by atoms with Crippen molar-refractivity contribution in [1.82, 2.24) is 15.1 Å². The van der Waals surface area contributed by atoms with E-state index in [2.05, 4.69) is 42.6 Å². The first kappa shape index (κ1) is 11.4. The Morgan fingerprint density at radius 1 is 1.38 bits per heavy atom. The van der Waals surface area contributed by atoms with E-state index in [1.54, 1.807) is 0 Å². The predicted octanol–water partition coefficient (Wildman–Crippen LogP) is 2.62. The van der Waals surface area contributed by atoms with Crippen LogP contribution in [0.4, 0.5) is 0 Å². The van der Waals surface area contributed by atoms with E-state index in [0.717, 1.165) is 25.2 Å². The fraction of sp³-hybridized carbons (Fsp3) is 0.615. The molecular weight excluding hydrogens is 198 g/mol. The van der Waals surface area contributed by atoms with E-state index < -0.39 is 0 Å². The molecule has 16 heavy (non-hydrogen) atoms. The molecule has 0 unspecified atom stereocenters. The molecule has 0 radical (unpaired) electrons. The fourth-order valence-electron chi connectivity index (χ4n) is 2.01. The third-order valence-electron chi connectivity index (χ3n) is 2.98. The molecule has 1 N–H and O–H groups in total. The summed E-state index contributed by atoms with van der Waals surface area (Å²) in [5, 5.41) is 7.97. The lowest BCUT2D eigenvalue weighted by Crippen LogP contribution is -2.13. The zero-order valence-electron chi connectivity index (χ0n) is 10.2. The van der Waals surface area contributed by atoms with Gasteiger partial charge in [-0.25, -0.2) is 0 Å². The maximum absolute atomic E-state index is 4.55. The normalized spacial score (nSPS) is 20.3. The SMILES string of the molecule is CC(C)n1ccc(/C=C2/CCCNCC2)n1. The summed E-state index contributed by atoms with van der Waals surface area (Å²) in [6.45, 7) is 6.56. The molecule has 1 aliphatic heterocycles. The summed E-state index contributed by atoms with van der Waals surface area (Å²) in [7, 11) is 0. The van der Waals surface area contributed by atoms with Gasteiger partial charge in [0, 0.05) is 12.2 Å². The summed E-state index contributed by atoms with van der Waals surface area (Å²) in [5.74, 6) is 0. The molecule has 0 atom stereocenters. The number of nitrogens with one attached hydrogen (secondary N) is 1. The molecular formula is C13H21N3. The number of aromatic nitrogens is 2. The van der Waals surface area contributed by atoms with E-state index >= 15 is 0 Å². The van der Waals surface area contributed by atoms with Crippen molar-refractivity contribution in [2.75, 3.05) is 13.1 Å². The summed E-state index contributed by atoms with van der Waals surface area (Å²) >= 11 is 0. The lowest BCUT2D eigenvalue weighted by molar-refractivity contribution is 0.531. The Morgan fingerprint density at radius 3 is 3.00 bits per heavy atom. The van der Waals surface area contributed by atoms with Crippen molar-refractivity contribution in [2.24, 2.45) is 0 Å². The quantitative estimate of drug-likeness (QED) is 0.828. The van der Waals surface area contributed by atoms with Crippen LogP contribution in [-0.4, -0.2) is 22.9 Å². The van der Waals surface area contributed by atoms with Gasteiger partial charge in [-0.15, -0.1) is 0 Å². The predicted molar refractivity (Wildman–Crippen MR) is 67.3 cm³/mol. The second-order valence-electron chi connectivity index (χ2n) is 4.72. The molecule has 0 saturated carbocycles. The molecule has 88 valence electrons. The van der Waals surface area contributed by atoms with Crippen molar-refractivity contribution >= 4 is 6.08 Å². The van der Waals surface area contributed by atoms with Crippen molar-refractivity contribution in [2.45, 2.75) is 39.2 Å². The van der Waals surface area contributed by atoms with Crippen molar-refractivity contribution in [1.29, 1.82) is 0 Å². The second kappa shape index (κ2) is 5.30. The molecule has 0 aliphatic carbocycles. The smallest absolute Gasteiger partial charge is 0.0850 e. The Balaban J connectivity index is 2.08. The Hall–Kier alpha value is -1.09. The van der Waals surface area contributed by atoms with Crippen LogP contribution < -0.4 is 5.32 Å². The topological polar surface area (TPSA) is 29.9 Å². The van der Waals surface area contributed by atoms with Gasteiger partial charge < -0.3 is 5.32 Å². The van der Waals surface area contributed by atoms with E-state index in [1.165, 1.54) is 18.4 Å². The first-order chi connectivity index (χ1) is 7.75. The van der Waals surface area contributed by atoms with Gasteiger partial charge in [-0.05, 0) is 58.3 Å². The maximum Gasteiger partial charge on any atom is 0.0850 e. The van der Waals surface area contributed by atoms with Crippen LogP contribution in [0, 0.1) is 0 Å². The maximum atomic E-state index is 4.55. The van der Waals surface area contributed by atoms with Crippen molar-refractivity contribution in [3.8, 4) is 0 Å². The molecule has 3 heteroatoms. The Bertz CT molecular complexity index is 353. The van der Waals surface area contributed by atoms with Gasteiger partial charge in [0.1, 0.15) is 0 Å². The molecule has 3 nitrogen and oxygen atoms in total. The standard InChI is InChI=1S/C13H21N3/c1-11(2)16-9-6-13(15-16)10-12-4-3-7-14-8-5-12/h6,9-11,14H,3-5,7-8H2,1-2H3/b12-10-. The number of hydrogen-bond donors (Lipinski definition) is 1. The summed E-state index contributed by atoms with van der Waals surface area (Å²) < 4.78 is 2.02. The third-order valence-corrected chi connectivity index (χ3v) is 2.98. The van der Waals surface area contributed by atoms with Gasteiger partial charge in [-0.3, -0.25) is 4.68 Å². The third kappa shape index (κ3) is 2.95.